The highest BCUT2D eigenvalue weighted by Gasteiger charge is 2.24. The summed E-state index contributed by atoms with van der Waals surface area (Å²) in [6.45, 7) is 11.8. The average molecular weight is 696 g/mol. The zero-order chi connectivity index (χ0) is 34.5. The van der Waals surface area contributed by atoms with E-state index in [1.165, 1.54) is 0 Å². The Hall–Kier alpha value is -2.42. The van der Waals surface area contributed by atoms with Crippen LogP contribution < -0.4 is 11.1 Å². The monoisotopic (exact) mass is 695 g/mol. The number of aromatic nitrogens is 3. The Labute approximate surface area is 280 Å². The van der Waals surface area contributed by atoms with Crippen molar-refractivity contribution >= 4 is 29.6 Å². The summed E-state index contributed by atoms with van der Waals surface area (Å²) >= 11 is 0.878. The van der Waals surface area contributed by atoms with Crippen molar-refractivity contribution in [1.29, 1.82) is 0 Å². The van der Waals surface area contributed by atoms with E-state index >= 15 is 0 Å². The third kappa shape index (κ3) is 25.3. The number of carbonyl (C=O) groups excluding carboxylic acids is 1. The molecule has 0 aromatic carbocycles. The van der Waals surface area contributed by atoms with Crippen LogP contribution in [-0.2, 0) is 60.6 Å². The van der Waals surface area contributed by atoms with Crippen molar-refractivity contribution in [1.82, 2.24) is 20.3 Å². The van der Waals surface area contributed by atoms with Gasteiger partial charge in [-0.1, -0.05) is 19.1 Å². The topological polar surface area (TPSA) is 225 Å². The van der Waals surface area contributed by atoms with Gasteiger partial charge in [-0.15, -0.1) is 16.9 Å². The third-order valence-electron chi connectivity index (χ3n) is 6.01. The maximum atomic E-state index is 12.4. The van der Waals surface area contributed by atoms with E-state index in [0.717, 1.165) is 24.8 Å². The van der Waals surface area contributed by atoms with E-state index in [4.69, 9.17) is 49.1 Å². The summed E-state index contributed by atoms with van der Waals surface area (Å²) in [5.74, 6) is -2.42. The maximum absolute atomic E-state index is 12.4. The first-order chi connectivity index (χ1) is 22.7. The second-order valence-electron chi connectivity index (χ2n) is 10.5. The van der Waals surface area contributed by atoms with E-state index < -0.39 is 35.6 Å². The number of amides is 1. The van der Waals surface area contributed by atoms with Gasteiger partial charge in [0.15, 0.2) is 0 Å². The van der Waals surface area contributed by atoms with Crippen molar-refractivity contribution in [3.63, 3.8) is 0 Å². The SMILES string of the molecule is CC(C)CCOCCOCCOCCOCCOCCOCCOCCn1cc(CNC(=O)C(CC(=O)O)SCC(N)C(=O)O)nn1. The molecule has 2 atom stereocenters. The molecule has 1 aromatic rings. The molecule has 1 amide bonds. The highest BCUT2D eigenvalue weighted by Crippen LogP contribution is 2.16. The molecule has 5 N–H and O–H groups in total. The second kappa shape index (κ2) is 28.6. The number of carboxylic acids is 2. The summed E-state index contributed by atoms with van der Waals surface area (Å²) in [5, 5.41) is 27.5. The lowest BCUT2D eigenvalue weighted by Gasteiger charge is -2.15. The van der Waals surface area contributed by atoms with Crippen LogP contribution in [0.15, 0.2) is 6.20 Å². The first-order valence-corrected chi connectivity index (χ1v) is 16.8. The van der Waals surface area contributed by atoms with Crippen molar-refractivity contribution in [2.24, 2.45) is 11.7 Å². The van der Waals surface area contributed by atoms with Crippen LogP contribution in [0.1, 0.15) is 32.4 Å². The fraction of sp³-hybridized carbons (Fsp3) is 0.828. The molecule has 18 heteroatoms. The van der Waals surface area contributed by atoms with E-state index in [-0.39, 0.29) is 12.3 Å². The lowest BCUT2D eigenvalue weighted by Crippen LogP contribution is -2.37. The highest BCUT2D eigenvalue weighted by atomic mass is 32.2. The number of hydrogen-bond donors (Lipinski definition) is 4. The number of nitrogens with two attached hydrogens (primary N) is 1. The lowest BCUT2D eigenvalue weighted by molar-refractivity contribution is -0.138. The molecule has 0 saturated carbocycles. The van der Waals surface area contributed by atoms with E-state index in [9.17, 15) is 14.4 Å². The number of nitrogens with one attached hydrogen (secondary N) is 1. The van der Waals surface area contributed by atoms with Gasteiger partial charge in [0.25, 0.3) is 0 Å². The number of carboxylic acid groups (broad SMARTS) is 2. The molecule has 0 radical (unpaired) electrons. The number of hydrogen-bond acceptors (Lipinski definition) is 14. The van der Waals surface area contributed by atoms with Crippen molar-refractivity contribution in [2.45, 2.75) is 51.1 Å². The number of carbonyl (C=O) groups is 3. The smallest absolute Gasteiger partial charge is 0.321 e. The Balaban J connectivity index is 1.94. The van der Waals surface area contributed by atoms with Gasteiger partial charge in [0.05, 0.1) is 117 Å². The standard InChI is InChI=1S/C29H53N5O12S/c1-23(2)3-5-40-7-9-42-11-13-44-15-17-46-18-16-45-14-12-43-10-8-41-6-4-34-21-24(32-33-34)20-31-28(37)26(19-27(35)36)47-22-25(30)29(38)39/h21,23,25-26H,3-20,22,30H2,1-2H3,(H,31,37)(H,35,36)(H,38,39). The molecule has 272 valence electrons. The highest BCUT2D eigenvalue weighted by molar-refractivity contribution is 8.00. The molecule has 0 bridgehead atoms. The molecule has 1 heterocycles. The Bertz CT molecular complexity index is 958. The number of aliphatic carboxylic acids is 2. The normalized spacial score (nSPS) is 12.8. The molecule has 1 rings (SSSR count). The zero-order valence-electron chi connectivity index (χ0n) is 27.5. The van der Waals surface area contributed by atoms with Crippen molar-refractivity contribution in [3.05, 3.63) is 11.9 Å². The molecule has 0 fully saturated rings. The fourth-order valence-corrected chi connectivity index (χ4v) is 4.47. The molecule has 47 heavy (non-hydrogen) atoms. The first-order valence-electron chi connectivity index (χ1n) is 15.7. The number of nitrogens with zero attached hydrogens (tertiary/aromatic N) is 3. The predicted octanol–water partition coefficient (Wildman–Crippen LogP) is 0.0450. The summed E-state index contributed by atoms with van der Waals surface area (Å²) in [5.41, 5.74) is 5.92. The lowest BCUT2D eigenvalue weighted by atomic mass is 10.1. The Morgan fingerprint density at radius 3 is 1.72 bits per heavy atom. The van der Waals surface area contributed by atoms with Gasteiger partial charge in [-0.2, -0.15) is 0 Å². The van der Waals surface area contributed by atoms with Crippen LogP contribution in [-0.4, -0.2) is 153 Å². The van der Waals surface area contributed by atoms with Crippen LogP contribution in [0.5, 0.6) is 0 Å². The van der Waals surface area contributed by atoms with E-state index in [0.29, 0.717) is 104 Å². The van der Waals surface area contributed by atoms with Crippen LogP contribution in [0.3, 0.4) is 0 Å². The summed E-state index contributed by atoms with van der Waals surface area (Å²) in [4.78, 5) is 34.4. The molecular weight excluding hydrogens is 642 g/mol. The average Bonchev–Trinajstić information content (AvgIpc) is 3.49. The van der Waals surface area contributed by atoms with Crippen LogP contribution in [0.2, 0.25) is 0 Å². The quantitative estimate of drug-likeness (QED) is 0.0713. The molecule has 1 aromatic heterocycles. The summed E-state index contributed by atoms with van der Waals surface area (Å²) < 4.78 is 39.9. The second-order valence-corrected chi connectivity index (χ2v) is 11.8. The fourth-order valence-electron chi connectivity index (χ4n) is 3.40. The Morgan fingerprint density at radius 2 is 1.28 bits per heavy atom. The number of thioether (sulfide) groups is 1. The van der Waals surface area contributed by atoms with Crippen LogP contribution in [0.25, 0.3) is 0 Å². The summed E-state index contributed by atoms with van der Waals surface area (Å²) in [6, 6.07) is -1.20. The number of rotatable bonds is 33. The van der Waals surface area contributed by atoms with E-state index in [1.807, 2.05) is 0 Å². The Kier molecular flexibility index (Phi) is 25.9. The molecule has 2 unspecified atom stereocenters. The summed E-state index contributed by atoms with van der Waals surface area (Å²) in [7, 11) is 0. The molecule has 0 spiro atoms. The molecule has 0 aliphatic rings. The van der Waals surface area contributed by atoms with Crippen molar-refractivity contribution in [3.8, 4) is 0 Å². The van der Waals surface area contributed by atoms with Gasteiger partial charge >= 0.3 is 11.9 Å². The van der Waals surface area contributed by atoms with Gasteiger partial charge < -0.3 is 54.4 Å². The first kappa shape index (κ1) is 42.6. The van der Waals surface area contributed by atoms with Gasteiger partial charge in [0.2, 0.25) is 5.91 Å². The minimum Gasteiger partial charge on any atom is -0.481 e. The van der Waals surface area contributed by atoms with Crippen molar-refractivity contribution < 1.29 is 57.8 Å². The van der Waals surface area contributed by atoms with Crippen molar-refractivity contribution in [2.75, 3.05) is 98.2 Å². The molecule has 0 aliphatic carbocycles. The molecule has 17 nitrogen and oxygen atoms in total. The zero-order valence-corrected chi connectivity index (χ0v) is 28.4. The van der Waals surface area contributed by atoms with E-state index in [2.05, 4.69) is 29.5 Å². The van der Waals surface area contributed by atoms with Gasteiger partial charge in [0.1, 0.15) is 11.7 Å². The third-order valence-corrected chi connectivity index (χ3v) is 7.35. The minimum absolute atomic E-state index is 0.0312. The molecule has 0 saturated heterocycles. The maximum Gasteiger partial charge on any atom is 0.321 e. The van der Waals surface area contributed by atoms with Crippen LogP contribution in [0.4, 0.5) is 0 Å². The predicted molar refractivity (Wildman–Crippen MR) is 171 cm³/mol. The van der Waals surface area contributed by atoms with Crippen LogP contribution in [0, 0.1) is 5.92 Å². The molecular formula is C29H53N5O12S. The molecule has 0 aliphatic heterocycles. The van der Waals surface area contributed by atoms with Gasteiger partial charge in [-0.25, -0.2) is 4.68 Å². The van der Waals surface area contributed by atoms with E-state index in [1.54, 1.807) is 10.9 Å². The minimum atomic E-state index is -1.23. The van der Waals surface area contributed by atoms with Gasteiger partial charge in [-0.3, -0.25) is 14.4 Å². The largest absolute Gasteiger partial charge is 0.481 e. The van der Waals surface area contributed by atoms with Gasteiger partial charge in [-0.05, 0) is 12.3 Å². The van der Waals surface area contributed by atoms with Gasteiger partial charge in [0, 0.05) is 12.4 Å². The van der Waals surface area contributed by atoms with Crippen LogP contribution >= 0.6 is 11.8 Å². The number of ether oxygens (including phenoxy) is 7. The Morgan fingerprint density at radius 1 is 0.809 bits per heavy atom. The summed E-state index contributed by atoms with van der Waals surface area (Å²) in [6.07, 6.45) is 2.23.